The van der Waals surface area contributed by atoms with Gasteiger partial charge in [0.05, 0.1) is 15.6 Å². The molecule has 10 heteroatoms. The summed E-state index contributed by atoms with van der Waals surface area (Å²) in [5.41, 5.74) is -0.362. The van der Waals surface area contributed by atoms with Crippen LogP contribution in [0.4, 0.5) is 23.7 Å². The summed E-state index contributed by atoms with van der Waals surface area (Å²) in [7, 11) is 0. The molecule has 144 valence electrons. The summed E-state index contributed by atoms with van der Waals surface area (Å²) in [6.07, 6.45) is 1.13. The van der Waals surface area contributed by atoms with Gasteiger partial charge in [-0.15, -0.1) is 0 Å². The van der Waals surface area contributed by atoms with Crippen LogP contribution in [0, 0.1) is 17.5 Å². The Bertz CT molecular complexity index is 1010. The van der Waals surface area contributed by atoms with Crippen LogP contribution >= 0.6 is 23.4 Å². The lowest BCUT2D eigenvalue weighted by atomic mass is 10.2. The number of rotatable bonds is 4. The number of nitrogens with one attached hydrogen (secondary N) is 1. The van der Waals surface area contributed by atoms with Crippen LogP contribution in [0.5, 0.6) is 0 Å². The Morgan fingerprint density at radius 1 is 1.14 bits per heavy atom. The van der Waals surface area contributed by atoms with E-state index in [1.54, 1.807) is 0 Å². The van der Waals surface area contributed by atoms with E-state index in [1.807, 2.05) is 0 Å². The van der Waals surface area contributed by atoms with Gasteiger partial charge >= 0.3 is 0 Å². The third-order valence-electron chi connectivity index (χ3n) is 3.66. The maximum Gasteiger partial charge on any atom is 0.294 e. The second-order valence-electron chi connectivity index (χ2n) is 5.58. The van der Waals surface area contributed by atoms with Crippen molar-refractivity contribution in [2.45, 2.75) is 0 Å². The Balaban J connectivity index is 1.75. The van der Waals surface area contributed by atoms with Crippen LogP contribution in [-0.2, 0) is 9.59 Å². The van der Waals surface area contributed by atoms with Crippen LogP contribution < -0.4 is 5.32 Å². The lowest BCUT2D eigenvalue weighted by Crippen LogP contribution is -2.36. The van der Waals surface area contributed by atoms with Gasteiger partial charge in [-0.1, -0.05) is 17.7 Å². The first-order valence-corrected chi connectivity index (χ1v) is 8.90. The highest BCUT2D eigenvalue weighted by atomic mass is 35.5. The van der Waals surface area contributed by atoms with Crippen LogP contribution in [0.3, 0.4) is 0 Å². The van der Waals surface area contributed by atoms with Gasteiger partial charge in [0.2, 0.25) is 5.91 Å². The maximum absolute atomic E-state index is 13.9. The third-order valence-corrected chi connectivity index (χ3v) is 4.89. The van der Waals surface area contributed by atoms with Crippen molar-refractivity contribution in [2.75, 3.05) is 11.9 Å². The van der Waals surface area contributed by atoms with Gasteiger partial charge in [-0.2, -0.15) is 0 Å². The highest BCUT2D eigenvalue weighted by Gasteiger charge is 2.36. The molecule has 1 saturated heterocycles. The number of halogens is 4. The molecule has 3 rings (SSSR count). The minimum Gasteiger partial charge on any atom is -0.322 e. The molecule has 5 nitrogen and oxygen atoms in total. The van der Waals surface area contributed by atoms with E-state index in [0.717, 1.165) is 24.3 Å². The predicted octanol–water partition coefficient (Wildman–Crippen LogP) is 4.43. The topological polar surface area (TPSA) is 66.5 Å². The third kappa shape index (κ3) is 4.20. The van der Waals surface area contributed by atoms with E-state index >= 15 is 0 Å². The van der Waals surface area contributed by atoms with Crippen molar-refractivity contribution in [3.8, 4) is 0 Å². The number of hydrogen-bond acceptors (Lipinski definition) is 4. The van der Waals surface area contributed by atoms with Crippen molar-refractivity contribution in [3.63, 3.8) is 0 Å². The van der Waals surface area contributed by atoms with Gasteiger partial charge in [-0.05, 0) is 42.1 Å². The number of carbonyl (C=O) groups excluding carboxylic acids is 3. The Morgan fingerprint density at radius 3 is 2.57 bits per heavy atom. The molecule has 0 atom stereocenters. The second-order valence-corrected chi connectivity index (χ2v) is 6.98. The molecule has 0 bridgehead atoms. The van der Waals surface area contributed by atoms with E-state index < -0.39 is 41.0 Å². The van der Waals surface area contributed by atoms with Crippen LogP contribution in [0.2, 0.25) is 5.02 Å². The minimum absolute atomic E-state index is 0.0522. The van der Waals surface area contributed by atoms with E-state index in [1.165, 1.54) is 12.1 Å². The van der Waals surface area contributed by atoms with Gasteiger partial charge in [-0.3, -0.25) is 19.3 Å². The molecular formula is C18H10ClF3N2O3S. The molecule has 3 amide bonds. The molecule has 2 aromatic rings. The Labute approximate surface area is 166 Å². The fraction of sp³-hybridized carbons (Fsp3) is 0.0556. The lowest BCUT2D eigenvalue weighted by Gasteiger charge is -2.12. The molecule has 0 spiro atoms. The summed E-state index contributed by atoms with van der Waals surface area (Å²) in [5, 5.41) is 1.45. The van der Waals surface area contributed by atoms with Gasteiger partial charge in [0.15, 0.2) is 0 Å². The molecule has 2 aromatic carbocycles. The maximum atomic E-state index is 13.9. The van der Waals surface area contributed by atoms with Crippen molar-refractivity contribution in [1.82, 2.24) is 4.90 Å². The first-order valence-electron chi connectivity index (χ1n) is 7.70. The largest absolute Gasteiger partial charge is 0.322 e. The number of benzene rings is 2. The average Bonchev–Trinajstić information content (AvgIpc) is 2.88. The number of hydrogen-bond donors (Lipinski definition) is 1. The number of anilines is 1. The number of thioether (sulfide) groups is 1. The lowest BCUT2D eigenvalue weighted by molar-refractivity contribution is -0.127. The van der Waals surface area contributed by atoms with Gasteiger partial charge in [0.25, 0.3) is 11.1 Å². The van der Waals surface area contributed by atoms with E-state index in [9.17, 15) is 27.6 Å². The SMILES string of the molecule is O=C(CN1C(=O)SC(=Cc2c(F)cccc2Cl)C1=O)Nc1ccc(F)cc1F. The van der Waals surface area contributed by atoms with Crippen molar-refractivity contribution in [2.24, 2.45) is 0 Å². The van der Waals surface area contributed by atoms with Gasteiger partial charge in [0.1, 0.15) is 24.0 Å². The second kappa shape index (κ2) is 8.07. The van der Waals surface area contributed by atoms with Gasteiger partial charge in [-0.25, -0.2) is 13.2 Å². The zero-order chi connectivity index (χ0) is 20.4. The van der Waals surface area contributed by atoms with E-state index in [2.05, 4.69) is 5.32 Å². The molecule has 1 aliphatic rings. The molecule has 0 radical (unpaired) electrons. The average molecular weight is 427 g/mol. The van der Waals surface area contributed by atoms with Crippen molar-refractivity contribution < 1.29 is 27.6 Å². The summed E-state index contributed by atoms with van der Waals surface area (Å²) < 4.78 is 40.4. The van der Waals surface area contributed by atoms with Crippen LogP contribution in [0.25, 0.3) is 6.08 Å². The smallest absolute Gasteiger partial charge is 0.294 e. The fourth-order valence-corrected chi connectivity index (χ4v) is 3.38. The molecule has 1 N–H and O–H groups in total. The van der Waals surface area contributed by atoms with E-state index in [0.29, 0.717) is 22.7 Å². The first kappa shape index (κ1) is 20.0. The summed E-state index contributed by atoms with van der Waals surface area (Å²) >= 11 is 6.42. The highest BCUT2D eigenvalue weighted by Crippen LogP contribution is 2.34. The monoisotopic (exact) mass is 426 g/mol. The quantitative estimate of drug-likeness (QED) is 0.734. The molecular weight excluding hydrogens is 417 g/mol. The molecule has 1 aliphatic heterocycles. The Hall–Kier alpha value is -2.78. The summed E-state index contributed by atoms with van der Waals surface area (Å²) in [5.74, 6) is -4.18. The standard InChI is InChI=1S/C18H10ClF3N2O3S/c19-11-2-1-3-12(21)10(11)7-15-17(26)24(18(27)28-15)8-16(25)23-14-5-4-9(20)6-13(14)22/h1-7H,8H2,(H,23,25). The molecule has 1 fully saturated rings. The summed E-state index contributed by atoms with van der Waals surface area (Å²) in [6.45, 7) is -0.691. The minimum atomic E-state index is -1.00. The number of amides is 3. The van der Waals surface area contributed by atoms with Crippen LogP contribution in [-0.4, -0.2) is 28.5 Å². The molecule has 1 heterocycles. The predicted molar refractivity (Wildman–Crippen MR) is 99.1 cm³/mol. The summed E-state index contributed by atoms with van der Waals surface area (Å²) in [4.78, 5) is 37.0. The molecule has 0 aliphatic carbocycles. The fourth-order valence-electron chi connectivity index (χ4n) is 2.34. The molecule has 0 saturated carbocycles. The van der Waals surface area contributed by atoms with Crippen LogP contribution in [0.1, 0.15) is 5.56 Å². The first-order chi connectivity index (χ1) is 13.3. The van der Waals surface area contributed by atoms with Crippen LogP contribution in [0.15, 0.2) is 41.3 Å². The van der Waals surface area contributed by atoms with Gasteiger partial charge in [0, 0.05) is 11.6 Å². The van der Waals surface area contributed by atoms with Crippen molar-refractivity contribution in [1.29, 1.82) is 0 Å². The van der Waals surface area contributed by atoms with E-state index in [-0.39, 0.29) is 21.2 Å². The number of nitrogens with zero attached hydrogens (tertiary/aromatic N) is 1. The molecule has 0 aromatic heterocycles. The normalized spacial score (nSPS) is 15.4. The molecule has 28 heavy (non-hydrogen) atoms. The molecule has 0 unspecified atom stereocenters. The van der Waals surface area contributed by atoms with Gasteiger partial charge < -0.3 is 5.32 Å². The number of imide groups is 1. The zero-order valence-corrected chi connectivity index (χ0v) is 15.4. The van der Waals surface area contributed by atoms with E-state index in [4.69, 9.17) is 11.6 Å². The zero-order valence-electron chi connectivity index (χ0n) is 13.8. The van der Waals surface area contributed by atoms with Crippen molar-refractivity contribution >= 4 is 52.2 Å². The number of carbonyl (C=O) groups is 3. The Morgan fingerprint density at radius 2 is 1.89 bits per heavy atom. The highest BCUT2D eigenvalue weighted by molar-refractivity contribution is 8.18. The Kier molecular flexibility index (Phi) is 5.76. The van der Waals surface area contributed by atoms with Crippen molar-refractivity contribution in [3.05, 3.63) is 69.3 Å². The summed E-state index contributed by atoms with van der Waals surface area (Å²) in [6, 6.07) is 6.49.